The third-order valence-corrected chi connectivity index (χ3v) is 0.774. The first-order chi connectivity index (χ1) is 3.29. The maximum absolute atomic E-state index is 10.1. The van der Waals surface area contributed by atoms with Gasteiger partial charge >= 0.3 is 6.09 Å². The van der Waals surface area contributed by atoms with Crippen LogP contribution in [0.4, 0.5) is 4.79 Å². The molecule has 1 amide bonds. The molecule has 0 aliphatic carbocycles. The van der Waals surface area contributed by atoms with Crippen molar-refractivity contribution < 1.29 is 9.53 Å². The van der Waals surface area contributed by atoms with E-state index in [1.807, 2.05) is 6.92 Å². The average molecular weight is 100 g/mol. The number of carbonyl (C=O) groups excluding carboxylic acids is 1. The number of cyclic esters (lactones) is 1. The van der Waals surface area contributed by atoms with E-state index in [2.05, 4.69) is 10.1 Å². The van der Waals surface area contributed by atoms with Gasteiger partial charge in [-0.3, -0.25) is 0 Å². The summed E-state index contributed by atoms with van der Waals surface area (Å²) >= 11 is 0. The van der Waals surface area contributed by atoms with Crippen molar-refractivity contribution in [2.75, 3.05) is 6.61 Å². The maximum Gasteiger partial charge on any atom is 0.429 e. The molecule has 0 aromatic carbocycles. The summed E-state index contributed by atoms with van der Waals surface area (Å²) in [5.41, 5.74) is 0. The summed E-state index contributed by atoms with van der Waals surface area (Å²) < 4.78 is 4.46. The lowest BCUT2D eigenvalue weighted by Gasteiger charge is -1.86. The quantitative estimate of drug-likeness (QED) is 0.434. The first-order valence-electron chi connectivity index (χ1n) is 2.16. The fourth-order valence-electron chi connectivity index (χ4n) is 0.446. The Bertz CT molecular complexity index is 91.7. The molecule has 1 heterocycles. The number of carbonyl (C=O) groups is 1. The van der Waals surface area contributed by atoms with Gasteiger partial charge < -0.3 is 4.74 Å². The van der Waals surface area contributed by atoms with E-state index in [9.17, 15) is 4.79 Å². The standard InChI is InChI=1S/C4H6NO2/c1-3-2-7-4(6)5-3/h3H,2H2,1H3/t3-/m0/s1. The molecule has 0 aromatic heterocycles. The molecule has 1 aliphatic rings. The van der Waals surface area contributed by atoms with E-state index in [0.717, 1.165) is 0 Å². The molecule has 1 aliphatic heterocycles. The molecule has 1 rings (SSSR count). The Kier molecular flexibility index (Phi) is 0.889. The smallest absolute Gasteiger partial charge is 0.429 e. The summed E-state index contributed by atoms with van der Waals surface area (Å²) in [5.74, 6) is 0. The Hall–Kier alpha value is -0.730. The SMILES string of the molecule is C[C@H]1COC(=O)[N]1. The molecule has 39 valence electrons. The molecular formula is C4H6NO2. The van der Waals surface area contributed by atoms with Gasteiger partial charge in [-0.2, -0.15) is 0 Å². The van der Waals surface area contributed by atoms with Crippen LogP contribution in [0.15, 0.2) is 0 Å². The summed E-state index contributed by atoms with van der Waals surface area (Å²) in [5, 5.41) is 3.53. The minimum absolute atomic E-state index is 0.0764. The predicted molar refractivity (Wildman–Crippen MR) is 22.9 cm³/mol. The fourth-order valence-corrected chi connectivity index (χ4v) is 0.446. The molecule has 3 heteroatoms. The molecule has 1 atom stereocenters. The molecule has 0 saturated carbocycles. The van der Waals surface area contributed by atoms with E-state index in [4.69, 9.17) is 0 Å². The Morgan fingerprint density at radius 3 is 2.86 bits per heavy atom. The molecule has 0 bridgehead atoms. The van der Waals surface area contributed by atoms with Crippen molar-refractivity contribution in [2.45, 2.75) is 13.0 Å². The van der Waals surface area contributed by atoms with Gasteiger partial charge in [-0.05, 0) is 6.92 Å². The van der Waals surface area contributed by atoms with Gasteiger partial charge in [0.25, 0.3) is 0 Å². The third kappa shape index (κ3) is 0.824. The summed E-state index contributed by atoms with van der Waals surface area (Å²) in [6.07, 6.45) is -0.424. The summed E-state index contributed by atoms with van der Waals surface area (Å²) in [7, 11) is 0. The Morgan fingerprint density at radius 1 is 2.00 bits per heavy atom. The topological polar surface area (TPSA) is 40.4 Å². The maximum atomic E-state index is 10.1. The van der Waals surface area contributed by atoms with E-state index < -0.39 is 6.09 Å². The first-order valence-corrected chi connectivity index (χ1v) is 2.16. The van der Waals surface area contributed by atoms with Gasteiger partial charge in [0.15, 0.2) is 0 Å². The summed E-state index contributed by atoms with van der Waals surface area (Å²) in [4.78, 5) is 10.1. The highest BCUT2D eigenvalue weighted by Crippen LogP contribution is 1.96. The van der Waals surface area contributed by atoms with Gasteiger partial charge in [0.05, 0.1) is 6.04 Å². The predicted octanol–water partition coefficient (Wildman–Crippen LogP) is 0.129. The van der Waals surface area contributed by atoms with Crippen LogP contribution in [0.3, 0.4) is 0 Å². The van der Waals surface area contributed by atoms with Crippen molar-refractivity contribution in [2.24, 2.45) is 0 Å². The van der Waals surface area contributed by atoms with Crippen molar-refractivity contribution in [3.8, 4) is 0 Å². The molecule has 0 unspecified atom stereocenters. The lowest BCUT2D eigenvalue weighted by Crippen LogP contribution is -2.13. The summed E-state index contributed by atoms with van der Waals surface area (Å²) in [6.45, 7) is 2.30. The summed E-state index contributed by atoms with van der Waals surface area (Å²) in [6, 6.07) is 0.0764. The lowest BCUT2D eigenvalue weighted by molar-refractivity contribution is 0.177. The number of hydrogen-bond acceptors (Lipinski definition) is 2. The molecule has 3 nitrogen and oxygen atoms in total. The van der Waals surface area contributed by atoms with E-state index in [1.165, 1.54) is 0 Å². The number of hydrogen-bond donors (Lipinski definition) is 0. The van der Waals surface area contributed by atoms with Gasteiger partial charge in [0.2, 0.25) is 0 Å². The van der Waals surface area contributed by atoms with Crippen molar-refractivity contribution in [1.82, 2.24) is 5.32 Å². The van der Waals surface area contributed by atoms with Crippen LogP contribution in [0.2, 0.25) is 0 Å². The van der Waals surface area contributed by atoms with Crippen LogP contribution in [0.25, 0.3) is 0 Å². The van der Waals surface area contributed by atoms with Crippen LogP contribution >= 0.6 is 0 Å². The number of nitrogens with zero attached hydrogens (tertiary/aromatic N) is 1. The van der Waals surface area contributed by atoms with Crippen LogP contribution in [-0.4, -0.2) is 18.7 Å². The largest absolute Gasteiger partial charge is 0.446 e. The highest BCUT2D eigenvalue weighted by atomic mass is 16.6. The molecular weight excluding hydrogens is 94.0 g/mol. The van der Waals surface area contributed by atoms with E-state index >= 15 is 0 Å². The second-order valence-electron chi connectivity index (χ2n) is 1.56. The Morgan fingerprint density at radius 2 is 2.71 bits per heavy atom. The van der Waals surface area contributed by atoms with E-state index in [1.54, 1.807) is 0 Å². The van der Waals surface area contributed by atoms with Crippen molar-refractivity contribution >= 4 is 6.09 Å². The Balaban J connectivity index is 2.40. The second-order valence-corrected chi connectivity index (χ2v) is 1.56. The minimum Gasteiger partial charge on any atom is -0.446 e. The van der Waals surface area contributed by atoms with Gasteiger partial charge in [-0.1, -0.05) is 0 Å². The average Bonchev–Trinajstić information content (AvgIpc) is 1.87. The molecule has 0 aromatic rings. The molecule has 1 fully saturated rings. The normalized spacial score (nSPS) is 29.3. The molecule has 1 radical (unpaired) electrons. The van der Waals surface area contributed by atoms with Gasteiger partial charge in [-0.25, -0.2) is 10.1 Å². The zero-order valence-corrected chi connectivity index (χ0v) is 4.05. The van der Waals surface area contributed by atoms with E-state index in [0.29, 0.717) is 6.61 Å². The molecule has 1 saturated heterocycles. The van der Waals surface area contributed by atoms with Gasteiger partial charge in [0, 0.05) is 0 Å². The van der Waals surface area contributed by atoms with Crippen LogP contribution in [0.5, 0.6) is 0 Å². The fraction of sp³-hybridized carbons (Fsp3) is 0.750. The number of rotatable bonds is 0. The zero-order valence-electron chi connectivity index (χ0n) is 4.05. The van der Waals surface area contributed by atoms with Crippen LogP contribution in [-0.2, 0) is 4.74 Å². The van der Waals surface area contributed by atoms with Crippen molar-refractivity contribution in [3.05, 3.63) is 0 Å². The lowest BCUT2D eigenvalue weighted by atomic mass is 10.4. The van der Waals surface area contributed by atoms with Crippen LogP contribution in [0, 0.1) is 0 Å². The van der Waals surface area contributed by atoms with E-state index in [-0.39, 0.29) is 6.04 Å². The van der Waals surface area contributed by atoms with Crippen molar-refractivity contribution in [3.63, 3.8) is 0 Å². The number of amides is 1. The molecule has 0 spiro atoms. The van der Waals surface area contributed by atoms with Crippen molar-refractivity contribution in [1.29, 1.82) is 0 Å². The molecule has 7 heavy (non-hydrogen) atoms. The second kappa shape index (κ2) is 1.40. The minimum atomic E-state index is -0.424. The van der Waals surface area contributed by atoms with Crippen LogP contribution in [0.1, 0.15) is 6.92 Å². The highest BCUT2D eigenvalue weighted by Gasteiger charge is 2.18. The third-order valence-electron chi connectivity index (χ3n) is 0.774. The first kappa shape index (κ1) is 4.43. The van der Waals surface area contributed by atoms with Gasteiger partial charge in [0.1, 0.15) is 6.61 Å². The Labute approximate surface area is 41.7 Å². The number of ether oxygens (including phenoxy) is 1. The van der Waals surface area contributed by atoms with Crippen LogP contribution < -0.4 is 5.32 Å². The molecule has 0 N–H and O–H groups in total. The monoisotopic (exact) mass is 100 g/mol. The zero-order chi connectivity index (χ0) is 5.28. The van der Waals surface area contributed by atoms with Gasteiger partial charge in [-0.15, -0.1) is 0 Å². The highest BCUT2D eigenvalue weighted by molar-refractivity contribution is 5.69.